The van der Waals surface area contributed by atoms with Crippen LogP contribution in [0.25, 0.3) is 0 Å². The molecule has 0 aliphatic heterocycles. The average Bonchev–Trinajstić information content (AvgIpc) is 2.77. The monoisotopic (exact) mass is 420 g/mol. The molecule has 6 heteroatoms. The van der Waals surface area contributed by atoms with Crippen molar-refractivity contribution >= 4 is 17.3 Å². The fraction of sp³-hybridized carbons (Fsp3) is 0.240. The number of nitrogens with one attached hydrogen (secondary N) is 2. The molecule has 0 saturated carbocycles. The van der Waals surface area contributed by atoms with Crippen molar-refractivity contribution in [2.75, 3.05) is 30.4 Å². The van der Waals surface area contributed by atoms with Crippen molar-refractivity contribution in [3.05, 3.63) is 78.9 Å². The van der Waals surface area contributed by atoms with Crippen LogP contribution in [-0.2, 0) is 4.79 Å². The van der Waals surface area contributed by atoms with E-state index in [2.05, 4.69) is 10.6 Å². The van der Waals surface area contributed by atoms with Gasteiger partial charge in [-0.3, -0.25) is 4.79 Å². The lowest BCUT2D eigenvalue weighted by molar-refractivity contribution is -0.114. The summed E-state index contributed by atoms with van der Waals surface area (Å²) in [4.78, 5) is 12.4. The molecular weight excluding hydrogens is 392 g/mol. The second kappa shape index (κ2) is 11.5. The Morgan fingerprint density at radius 2 is 1.55 bits per heavy atom. The van der Waals surface area contributed by atoms with Crippen LogP contribution in [-0.4, -0.2) is 31.8 Å². The minimum atomic E-state index is -0.174. The van der Waals surface area contributed by atoms with E-state index in [4.69, 9.17) is 14.2 Å². The van der Waals surface area contributed by atoms with Gasteiger partial charge in [-0.05, 0) is 50.2 Å². The summed E-state index contributed by atoms with van der Waals surface area (Å²) in [6.07, 6.45) is 0.0909. The SMILES string of the molecule is CC(C)Oc1cccc(NCC(=O)Nc2ccccc2OCCOc2ccccc2)c1. The molecule has 31 heavy (non-hydrogen) atoms. The Morgan fingerprint density at radius 1 is 0.839 bits per heavy atom. The van der Waals surface area contributed by atoms with E-state index in [1.165, 1.54) is 0 Å². The first-order valence-corrected chi connectivity index (χ1v) is 10.3. The van der Waals surface area contributed by atoms with Gasteiger partial charge in [-0.1, -0.05) is 36.4 Å². The van der Waals surface area contributed by atoms with Crippen LogP contribution in [0.1, 0.15) is 13.8 Å². The van der Waals surface area contributed by atoms with E-state index in [0.717, 1.165) is 17.2 Å². The Labute approximate surface area is 183 Å². The first-order valence-electron chi connectivity index (χ1n) is 10.3. The zero-order chi connectivity index (χ0) is 21.9. The van der Waals surface area contributed by atoms with Crippen molar-refractivity contribution in [1.29, 1.82) is 0 Å². The lowest BCUT2D eigenvalue weighted by Crippen LogP contribution is -2.22. The highest BCUT2D eigenvalue weighted by molar-refractivity contribution is 5.95. The smallest absolute Gasteiger partial charge is 0.243 e. The van der Waals surface area contributed by atoms with Gasteiger partial charge in [0.2, 0.25) is 5.91 Å². The van der Waals surface area contributed by atoms with Gasteiger partial charge in [-0.2, -0.15) is 0 Å². The number of carbonyl (C=O) groups is 1. The van der Waals surface area contributed by atoms with Gasteiger partial charge in [-0.15, -0.1) is 0 Å². The van der Waals surface area contributed by atoms with Gasteiger partial charge in [0, 0.05) is 11.8 Å². The predicted octanol–water partition coefficient (Wildman–Crippen LogP) is 4.98. The van der Waals surface area contributed by atoms with Gasteiger partial charge in [0.25, 0.3) is 0 Å². The second-order valence-corrected chi connectivity index (χ2v) is 7.10. The fourth-order valence-corrected chi connectivity index (χ4v) is 2.85. The third-order valence-electron chi connectivity index (χ3n) is 4.17. The molecule has 0 unspecified atom stereocenters. The molecule has 0 aliphatic carbocycles. The van der Waals surface area contributed by atoms with E-state index in [1.54, 1.807) is 0 Å². The zero-order valence-corrected chi connectivity index (χ0v) is 17.8. The summed E-state index contributed by atoms with van der Waals surface area (Å²) in [6, 6.07) is 24.4. The zero-order valence-electron chi connectivity index (χ0n) is 17.8. The summed E-state index contributed by atoms with van der Waals surface area (Å²) < 4.78 is 17.1. The third-order valence-corrected chi connectivity index (χ3v) is 4.17. The molecule has 0 aromatic heterocycles. The van der Waals surface area contributed by atoms with Crippen molar-refractivity contribution < 1.29 is 19.0 Å². The Balaban J connectivity index is 1.47. The van der Waals surface area contributed by atoms with Crippen molar-refractivity contribution in [3.8, 4) is 17.2 Å². The quantitative estimate of drug-likeness (QED) is 0.428. The molecule has 6 nitrogen and oxygen atoms in total. The van der Waals surface area contributed by atoms with Gasteiger partial charge in [0.1, 0.15) is 30.5 Å². The number of hydrogen-bond donors (Lipinski definition) is 2. The summed E-state index contributed by atoms with van der Waals surface area (Å²) >= 11 is 0. The van der Waals surface area contributed by atoms with Crippen LogP contribution in [0.15, 0.2) is 78.9 Å². The number of rotatable bonds is 11. The van der Waals surface area contributed by atoms with Crippen molar-refractivity contribution in [1.82, 2.24) is 0 Å². The van der Waals surface area contributed by atoms with Crippen LogP contribution >= 0.6 is 0 Å². The number of amides is 1. The van der Waals surface area contributed by atoms with E-state index < -0.39 is 0 Å². The Hall–Kier alpha value is -3.67. The van der Waals surface area contributed by atoms with Crippen molar-refractivity contribution in [2.24, 2.45) is 0 Å². The lowest BCUT2D eigenvalue weighted by atomic mass is 10.2. The maximum absolute atomic E-state index is 12.4. The predicted molar refractivity (Wildman–Crippen MR) is 123 cm³/mol. The van der Waals surface area contributed by atoms with Crippen LogP contribution in [0.2, 0.25) is 0 Å². The summed E-state index contributed by atoms with van der Waals surface area (Å²) in [5.74, 6) is 1.98. The van der Waals surface area contributed by atoms with E-state index in [1.807, 2.05) is 92.7 Å². The van der Waals surface area contributed by atoms with Crippen LogP contribution in [0.3, 0.4) is 0 Å². The van der Waals surface area contributed by atoms with Gasteiger partial charge < -0.3 is 24.8 Å². The average molecular weight is 421 g/mol. The molecule has 0 bridgehead atoms. The van der Waals surface area contributed by atoms with Crippen molar-refractivity contribution in [3.63, 3.8) is 0 Å². The van der Waals surface area contributed by atoms with Gasteiger partial charge in [0.15, 0.2) is 0 Å². The highest BCUT2D eigenvalue weighted by atomic mass is 16.5. The van der Waals surface area contributed by atoms with Crippen LogP contribution in [0.5, 0.6) is 17.2 Å². The van der Waals surface area contributed by atoms with Gasteiger partial charge >= 0.3 is 0 Å². The van der Waals surface area contributed by atoms with E-state index in [-0.39, 0.29) is 18.6 Å². The summed E-state index contributed by atoms with van der Waals surface area (Å²) in [7, 11) is 0. The van der Waals surface area contributed by atoms with E-state index >= 15 is 0 Å². The molecule has 0 aliphatic rings. The molecule has 1 amide bonds. The number of ether oxygens (including phenoxy) is 3. The number of para-hydroxylation sites is 3. The molecule has 0 heterocycles. The number of carbonyl (C=O) groups excluding carboxylic acids is 1. The standard InChI is InChI=1S/C25H28N2O4/c1-19(2)31-22-12-8-9-20(17-22)26-18-25(28)27-23-13-6-7-14-24(23)30-16-15-29-21-10-4-3-5-11-21/h3-14,17,19,26H,15-16,18H2,1-2H3,(H,27,28). The minimum absolute atomic E-state index is 0.0909. The van der Waals surface area contributed by atoms with Crippen LogP contribution in [0.4, 0.5) is 11.4 Å². The molecule has 0 saturated heterocycles. The molecule has 2 N–H and O–H groups in total. The Morgan fingerprint density at radius 3 is 2.35 bits per heavy atom. The first-order chi connectivity index (χ1) is 15.1. The van der Waals surface area contributed by atoms with Gasteiger partial charge in [-0.25, -0.2) is 0 Å². The summed E-state index contributed by atoms with van der Waals surface area (Å²) in [6.45, 7) is 4.84. The minimum Gasteiger partial charge on any atom is -0.491 e. The Kier molecular flexibility index (Phi) is 8.17. The highest BCUT2D eigenvalue weighted by Crippen LogP contribution is 2.24. The molecule has 3 aromatic rings. The molecule has 3 rings (SSSR count). The van der Waals surface area contributed by atoms with Crippen LogP contribution < -0.4 is 24.8 Å². The molecule has 0 fully saturated rings. The fourth-order valence-electron chi connectivity index (χ4n) is 2.85. The summed E-state index contributed by atoms with van der Waals surface area (Å²) in [5.41, 5.74) is 1.43. The molecule has 0 radical (unpaired) electrons. The number of anilines is 2. The topological polar surface area (TPSA) is 68.8 Å². The molecule has 3 aromatic carbocycles. The van der Waals surface area contributed by atoms with Crippen LogP contribution in [0, 0.1) is 0 Å². The number of benzene rings is 3. The lowest BCUT2D eigenvalue weighted by Gasteiger charge is -2.14. The van der Waals surface area contributed by atoms with Crippen molar-refractivity contribution in [2.45, 2.75) is 20.0 Å². The Bertz CT molecular complexity index is 961. The number of hydrogen-bond acceptors (Lipinski definition) is 5. The molecule has 0 atom stereocenters. The maximum atomic E-state index is 12.4. The highest BCUT2D eigenvalue weighted by Gasteiger charge is 2.08. The largest absolute Gasteiger partial charge is 0.491 e. The first kappa shape index (κ1) is 22.0. The molecule has 0 spiro atoms. The second-order valence-electron chi connectivity index (χ2n) is 7.10. The summed E-state index contributed by atoms with van der Waals surface area (Å²) in [5, 5.41) is 6.00. The van der Waals surface area contributed by atoms with E-state index in [9.17, 15) is 4.79 Å². The molecular formula is C25H28N2O4. The molecule has 162 valence electrons. The maximum Gasteiger partial charge on any atom is 0.243 e. The van der Waals surface area contributed by atoms with E-state index in [0.29, 0.717) is 24.7 Å². The third kappa shape index (κ3) is 7.59. The van der Waals surface area contributed by atoms with Gasteiger partial charge in [0.05, 0.1) is 18.3 Å². The normalized spacial score (nSPS) is 10.4.